The maximum atomic E-state index is 12.4. The lowest BCUT2D eigenvalue weighted by molar-refractivity contribution is 0.103. The van der Waals surface area contributed by atoms with E-state index in [1.807, 2.05) is 30.8 Å². The Morgan fingerprint density at radius 1 is 0.970 bits per heavy atom. The highest BCUT2D eigenvalue weighted by Crippen LogP contribution is 2.39. The molecule has 4 aromatic heterocycles. The third kappa shape index (κ3) is 3.61. The molecule has 160 valence electrons. The fourth-order valence-corrected chi connectivity index (χ4v) is 5.68. The van der Waals surface area contributed by atoms with Crippen LogP contribution < -0.4 is 5.32 Å². The quantitative estimate of drug-likeness (QED) is 0.290. The van der Waals surface area contributed by atoms with Crippen LogP contribution in [0.1, 0.15) is 15.2 Å². The van der Waals surface area contributed by atoms with Crippen molar-refractivity contribution in [2.75, 3.05) is 5.32 Å². The number of H-pyrrole nitrogens is 1. The zero-order chi connectivity index (χ0) is 22.4. The van der Waals surface area contributed by atoms with Gasteiger partial charge in [-0.2, -0.15) is 5.10 Å². The molecule has 0 radical (unpaired) electrons. The van der Waals surface area contributed by atoms with Crippen LogP contribution in [0.25, 0.3) is 42.6 Å². The fourth-order valence-electron chi connectivity index (χ4n) is 3.97. The molecule has 6 rings (SSSR count). The summed E-state index contributed by atoms with van der Waals surface area (Å²) >= 11 is 3.18. The van der Waals surface area contributed by atoms with E-state index in [9.17, 15) is 4.79 Å². The first-order valence-corrected chi connectivity index (χ1v) is 12.1. The first-order chi connectivity index (χ1) is 16.2. The number of pyridine rings is 1. The van der Waals surface area contributed by atoms with Gasteiger partial charge in [0.25, 0.3) is 5.91 Å². The van der Waals surface area contributed by atoms with E-state index in [0.29, 0.717) is 10.7 Å². The van der Waals surface area contributed by atoms with Gasteiger partial charge in [-0.25, -0.2) is 4.98 Å². The summed E-state index contributed by atoms with van der Waals surface area (Å²) in [5, 5.41) is 14.5. The van der Waals surface area contributed by atoms with Gasteiger partial charge in [-0.05, 0) is 65.2 Å². The van der Waals surface area contributed by atoms with Crippen LogP contribution in [0.15, 0.2) is 78.4 Å². The average molecular weight is 467 g/mol. The van der Waals surface area contributed by atoms with Crippen molar-refractivity contribution in [3.05, 3.63) is 88.9 Å². The molecule has 1 amide bonds. The number of hydrogen-bond acceptors (Lipinski definition) is 5. The highest BCUT2D eigenvalue weighted by Gasteiger charge is 2.14. The summed E-state index contributed by atoms with van der Waals surface area (Å²) in [6, 6.07) is 20.7. The zero-order valence-corrected chi connectivity index (χ0v) is 19.3. The number of carbonyl (C=O) groups is 1. The van der Waals surface area contributed by atoms with Crippen molar-refractivity contribution >= 4 is 55.4 Å². The van der Waals surface area contributed by atoms with Crippen LogP contribution in [0.2, 0.25) is 0 Å². The molecule has 0 saturated heterocycles. The van der Waals surface area contributed by atoms with Crippen molar-refractivity contribution in [3.8, 4) is 21.6 Å². The number of hydrogen-bond donors (Lipinski definition) is 2. The average Bonchev–Trinajstić information content (AvgIpc) is 3.59. The first kappa shape index (κ1) is 19.8. The van der Waals surface area contributed by atoms with Crippen molar-refractivity contribution in [1.82, 2.24) is 15.2 Å². The minimum atomic E-state index is -0.139. The maximum Gasteiger partial charge on any atom is 0.266 e. The highest BCUT2D eigenvalue weighted by molar-refractivity contribution is 7.22. The number of amides is 1. The minimum absolute atomic E-state index is 0.139. The standard InChI is InChI=1S/C26H18N4OS2/c1-15-9-18(13-27-25(15)29-26(31)22-7-4-8-32-22)17-10-19-14-28-30-24(19)20(11-17)23-12-16-5-2-3-6-21(16)33-23/h2-14H,1H3,(H,28,30)(H,27,29,31). The van der Waals surface area contributed by atoms with Gasteiger partial charge in [0.1, 0.15) is 5.82 Å². The molecule has 0 aliphatic rings. The lowest BCUT2D eigenvalue weighted by Gasteiger charge is -2.10. The highest BCUT2D eigenvalue weighted by atomic mass is 32.1. The predicted molar refractivity (Wildman–Crippen MR) is 137 cm³/mol. The van der Waals surface area contributed by atoms with E-state index in [0.717, 1.165) is 33.2 Å². The molecular weight excluding hydrogens is 448 g/mol. The Kier molecular flexibility index (Phi) is 4.78. The van der Waals surface area contributed by atoms with Crippen LogP contribution in [0, 0.1) is 6.92 Å². The van der Waals surface area contributed by atoms with Crippen molar-refractivity contribution < 1.29 is 4.79 Å². The van der Waals surface area contributed by atoms with Gasteiger partial charge in [-0.1, -0.05) is 24.3 Å². The van der Waals surface area contributed by atoms with Gasteiger partial charge in [0.2, 0.25) is 0 Å². The number of aromatic nitrogens is 3. The second kappa shape index (κ2) is 7.95. The zero-order valence-electron chi connectivity index (χ0n) is 17.6. The smallest absolute Gasteiger partial charge is 0.266 e. The van der Waals surface area contributed by atoms with E-state index in [2.05, 4.69) is 69.0 Å². The van der Waals surface area contributed by atoms with Gasteiger partial charge in [-0.15, -0.1) is 22.7 Å². The Morgan fingerprint density at radius 3 is 2.70 bits per heavy atom. The molecule has 0 unspecified atom stereocenters. The van der Waals surface area contributed by atoms with Crippen LogP contribution in [-0.4, -0.2) is 21.1 Å². The van der Waals surface area contributed by atoms with Gasteiger partial charge in [0.15, 0.2) is 0 Å². The van der Waals surface area contributed by atoms with Crippen LogP contribution in [0.4, 0.5) is 5.82 Å². The summed E-state index contributed by atoms with van der Waals surface area (Å²) in [6.45, 7) is 1.96. The molecular formula is C26H18N4OS2. The molecule has 0 aliphatic carbocycles. The molecule has 33 heavy (non-hydrogen) atoms. The monoisotopic (exact) mass is 466 g/mol. The van der Waals surface area contributed by atoms with Gasteiger partial charge in [0, 0.05) is 32.3 Å². The number of carbonyl (C=O) groups excluding carboxylic acids is 1. The maximum absolute atomic E-state index is 12.4. The molecule has 0 aliphatic heterocycles. The number of thiophene rings is 2. The molecule has 4 heterocycles. The van der Waals surface area contributed by atoms with Crippen LogP contribution in [0.3, 0.4) is 0 Å². The van der Waals surface area contributed by atoms with E-state index in [1.165, 1.54) is 26.3 Å². The van der Waals surface area contributed by atoms with Gasteiger partial charge in [-0.3, -0.25) is 9.89 Å². The normalized spacial score (nSPS) is 11.3. The van der Waals surface area contributed by atoms with Gasteiger partial charge < -0.3 is 5.32 Å². The third-order valence-corrected chi connectivity index (χ3v) is 7.65. The number of nitrogens with one attached hydrogen (secondary N) is 2. The molecule has 0 bridgehead atoms. The molecule has 0 atom stereocenters. The van der Waals surface area contributed by atoms with Gasteiger partial charge >= 0.3 is 0 Å². The molecule has 2 aromatic carbocycles. The van der Waals surface area contributed by atoms with Crippen LogP contribution >= 0.6 is 22.7 Å². The third-order valence-electron chi connectivity index (χ3n) is 5.63. The van der Waals surface area contributed by atoms with E-state index in [1.54, 1.807) is 17.4 Å². The Morgan fingerprint density at radius 2 is 1.88 bits per heavy atom. The van der Waals surface area contributed by atoms with E-state index in [4.69, 9.17) is 0 Å². The lowest BCUT2D eigenvalue weighted by atomic mass is 9.99. The summed E-state index contributed by atoms with van der Waals surface area (Å²) in [5.41, 5.74) is 5.10. The predicted octanol–water partition coefficient (Wildman–Crippen LogP) is 7.13. The second-order valence-electron chi connectivity index (χ2n) is 7.83. The number of aromatic amines is 1. The molecule has 0 spiro atoms. The Bertz CT molecular complexity index is 1600. The molecule has 7 heteroatoms. The first-order valence-electron chi connectivity index (χ1n) is 10.4. The van der Waals surface area contributed by atoms with E-state index in [-0.39, 0.29) is 5.91 Å². The Labute approximate surface area is 197 Å². The van der Waals surface area contributed by atoms with Crippen molar-refractivity contribution in [1.29, 1.82) is 0 Å². The van der Waals surface area contributed by atoms with E-state index >= 15 is 0 Å². The van der Waals surface area contributed by atoms with Crippen molar-refractivity contribution in [2.45, 2.75) is 6.92 Å². The van der Waals surface area contributed by atoms with Crippen LogP contribution in [0.5, 0.6) is 0 Å². The minimum Gasteiger partial charge on any atom is -0.306 e. The SMILES string of the molecule is Cc1cc(-c2cc(-c3cc4ccccc4s3)c3[nH]ncc3c2)cnc1NC(=O)c1cccs1. The van der Waals surface area contributed by atoms with Crippen molar-refractivity contribution in [3.63, 3.8) is 0 Å². The topological polar surface area (TPSA) is 70.7 Å². The summed E-state index contributed by atoms with van der Waals surface area (Å²) in [4.78, 5) is 18.8. The second-order valence-corrected chi connectivity index (χ2v) is 9.86. The Balaban J connectivity index is 1.40. The largest absolute Gasteiger partial charge is 0.306 e. The summed E-state index contributed by atoms with van der Waals surface area (Å²) in [7, 11) is 0. The van der Waals surface area contributed by atoms with E-state index < -0.39 is 0 Å². The summed E-state index contributed by atoms with van der Waals surface area (Å²) < 4.78 is 1.26. The fraction of sp³-hybridized carbons (Fsp3) is 0.0385. The molecule has 2 N–H and O–H groups in total. The number of aryl methyl sites for hydroxylation is 1. The summed E-state index contributed by atoms with van der Waals surface area (Å²) in [5.74, 6) is 0.437. The number of anilines is 1. The van der Waals surface area contributed by atoms with Gasteiger partial charge in [0.05, 0.1) is 16.6 Å². The Hall–Kier alpha value is -3.81. The molecule has 0 saturated carbocycles. The molecule has 5 nitrogen and oxygen atoms in total. The van der Waals surface area contributed by atoms with Crippen LogP contribution in [-0.2, 0) is 0 Å². The number of fused-ring (bicyclic) bond motifs is 2. The molecule has 0 fully saturated rings. The van der Waals surface area contributed by atoms with Crippen molar-refractivity contribution in [2.24, 2.45) is 0 Å². The number of nitrogens with zero attached hydrogens (tertiary/aromatic N) is 2. The summed E-state index contributed by atoms with van der Waals surface area (Å²) in [6.07, 6.45) is 3.67. The number of rotatable bonds is 4. The lowest BCUT2D eigenvalue weighted by Crippen LogP contribution is -2.12. The number of benzene rings is 2. The molecule has 6 aromatic rings.